The predicted octanol–water partition coefficient (Wildman–Crippen LogP) is 4.53. The second-order valence-corrected chi connectivity index (χ2v) is 4.59. The third-order valence-electron chi connectivity index (χ3n) is 2.89. The number of carbonyl (C=O) groups is 1. The van der Waals surface area contributed by atoms with Crippen LogP contribution in [0.4, 0.5) is 13.2 Å². The molecule has 0 unspecified atom stereocenters. The number of unbranched alkanes of at least 4 members (excludes halogenated alkanes) is 2. The first-order valence-corrected chi connectivity index (χ1v) is 6.75. The summed E-state index contributed by atoms with van der Waals surface area (Å²) in [5.74, 6) is -0.357. The summed E-state index contributed by atoms with van der Waals surface area (Å²) in [6.45, 7) is 2.08. The van der Waals surface area contributed by atoms with Gasteiger partial charge >= 0.3 is 12.1 Å². The zero-order valence-electron chi connectivity index (χ0n) is 11.5. The molecule has 0 radical (unpaired) electrons. The van der Waals surface area contributed by atoms with E-state index in [-0.39, 0.29) is 12.4 Å². The number of ether oxygens (including phenoxy) is 1. The Hall–Kier alpha value is -1.52. The first kappa shape index (κ1) is 16.5. The fourth-order valence-electron chi connectivity index (χ4n) is 1.85. The van der Waals surface area contributed by atoms with Crippen molar-refractivity contribution in [3.8, 4) is 0 Å². The molecule has 0 aliphatic heterocycles. The summed E-state index contributed by atoms with van der Waals surface area (Å²) in [5.41, 5.74) is 1.51. The van der Waals surface area contributed by atoms with Gasteiger partial charge in [0.2, 0.25) is 0 Å². The van der Waals surface area contributed by atoms with Crippen LogP contribution in [-0.4, -0.2) is 18.8 Å². The van der Waals surface area contributed by atoms with E-state index < -0.39 is 12.6 Å². The number of aryl methyl sites for hydroxylation is 1. The van der Waals surface area contributed by atoms with Gasteiger partial charge < -0.3 is 4.74 Å². The topological polar surface area (TPSA) is 26.3 Å². The number of carbonyl (C=O) groups excluding carboxylic acids is 1. The molecule has 0 bridgehead atoms. The third kappa shape index (κ3) is 6.59. The Labute approximate surface area is 116 Å². The third-order valence-corrected chi connectivity index (χ3v) is 2.89. The van der Waals surface area contributed by atoms with E-state index in [2.05, 4.69) is 0 Å². The minimum atomic E-state index is -4.05. The highest BCUT2D eigenvalue weighted by molar-refractivity contribution is 5.89. The average molecular weight is 288 g/mol. The van der Waals surface area contributed by atoms with Gasteiger partial charge in [0.05, 0.1) is 12.2 Å². The van der Waals surface area contributed by atoms with Crippen molar-refractivity contribution in [2.24, 2.45) is 0 Å². The van der Waals surface area contributed by atoms with Crippen LogP contribution >= 0.6 is 0 Å². The number of hydrogen-bond donors (Lipinski definition) is 0. The van der Waals surface area contributed by atoms with Crippen molar-refractivity contribution in [3.05, 3.63) is 35.4 Å². The molecule has 2 nitrogen and oxygen atoms in total. The van der Waals surface area contributed by atoms with Crippen LogP contribution in [0, 0.1) is 0 Å². The molecule has 1 aromatic rings. The fraction of sp³-hybridized carbons (Fsp3) is 0.533. The van der Waals surface area contributed by atoms with Gasteiger partial charge in [0.15, 0.2) is 0 Å². The Morgan fingerprint density at radius 1 is 1.10 bits per heavy atom. The largest absolute Gasteiger partial charge is 0.462 e. The lowest BCUT2D eigenvalue weighted by Gasteiger charge is -2.06. The van der Waals surface area contributed by atoms with E-state index >= 15 is 0 Å². The Morgan fingerprint density at radius 2 is 1.75 bits per heavy atom. The summed E-state index contributed by atoms with van der Waals surface area (Å²) in [5, 5.41) is 0. The van der Waals surface area contributed by atoms with E-state index in [1.165, 1.54) is 0 Å². The molecule has 0 aliphatic rings. The molecular formula is C15H19F3O2. The van der Waals surface area contributed by atoms with E-state index in [0.717, 1.165) is 18.4 Å². The number of esters is 1. The van der Waals surface area contributed by atoms with Crippen molar-refractivity contribution in [1.82, 2.24) is 0 Å². The van der Waals surface area contributed by atoms with E-state index in [1.54, 1.807) is 19.1 Å². The molecule has 112 valence electrons. The second-order valence-electron chi connectivity index (χ2n) is 4.59. The van der Waals surface area contributed by atoms with Gasteiger partial charge in [-0.25, -0.2) is 4.79 Å². The number of alkyl halides is 3. The van der Waals surface area contributed by atoms with Crippen molar-refractivity contribution < 1.29 is 22.7 Å². The lowest BCUT2D eigenvalue weighted by atomic mass is 10.0. The molecule has 0 spiro atoms. The van der Waals surface area contributed by atoms with E-state index in [9.17, 15) is 18.0 Å². The van der Waals surface area contributed by atoms with E-state index in [0.29, 0.717) is 18.6 Å². The van der Waals surface area contributed by atoms with E-state index in [4.69, 9.17) is 4.74 Å². The van der Waals surface area contributed by atoms with Crippen LogP contribution < -0.4 is 0 Å². The van der Waals surface area contributed by atoms with Gasteiger partial charge in [0, 0.05) is 6.42 Å². The van der Waals surface area contributed by atoms with Crippen molar-refractivity contribution >= 4 is 5.97 Å². The predicted molar refractivity (Wildman–Crippen MR) is 70.6 cm³/mol. The molecule has 20 heavy (non-hydrogen) atoms. The molecule has 0 fully saturated rings. The molecule has 0 aliphatic carbocycles. The summed E-state index contributed by atoms with van der Waals surface area (Å²) < 4.78 is 40.7. The Kier molecular flexibility index (Phi) is 6.55. The molecule has 0 N–H and O–H groups in total. The normalized spacial score (nSPS) is 11.4. The minimum Gasteiger partial charge on any atom is -0.462 e. The maximum atomic E-state index is 11.9. The SMILES string of the molecule is CCOC(=O)c1ccc(CCCCCC(F)(F)F)cc1. The summed E-state index contributed by atoms with van der Waals surface area (Å²) >= 11 is 0. The zero-order valence-corrected chi connectivity index (χ0v) is 11.5. The van der Waals surface area contributed by atoms with Crippen LogP contribution in [0.25, 0.3) is 0 Å². The van der Waals surface area contributed by atoms with Crippen LogP contribution in [0.2, 0.25) is 0 Å². The molecule has 0 amide bonds. The highest BCUT2D eigenvalue weighted by Crippen LogP contribution is 2.23. The number of rotatable bonds is 7. The summed E-state index contributed by atoms with van der Waals surface area (Å²) in [6, 6.07) is 7.00. The monoisotopic (exact) mass is 288 g/mol. The average Bonchev–Trinajstić information content (AvgIpc) is 2.38. The highest BCUT2D eigenvalue weighted by atomic mass is 19.4. The van der Waals surface area contributed by atoms with Gasteiger partial charge in [-0.2, -0.15) is 13.2 Å². The molecule has 0 atom stereocenters. The van der Waals surface area contributed by atoms with Crippen LogP contribution in [0.15, 0.2) is 24.3 Å². The van der Waals surface area contributed by atoms with Crippen LogP contribution in [0.3, 0.4) is 0 Å². The van der Waals surface area contributed by atoms with Crippen LogP contribution in [0.1, 0.15) is 48.5 Å². The lowest BCUT2D eigenvalue weighted by molar-refractivity contribution is -0.135. The Morgan fingerprint density at radius 3 is 2.30 bits per heavy atom. The van der Waals surface area contributed by atoms with Gasteiger partial charge in [-0.1, -0.05) is 18.6 Å². The molecular weight excluding hydrogens is 269 g/mol. The Bertz CT molecular complexity index is 410. The van der Waals surface area contributed by atoms with Gasteiger partial charge in [-0.05, 0) is 43.9 Å². The molecule has 0 heterocycles. The minimum absolute atomic E-state index is 0.171. The van der Waals surface area contributed by atoms with Crippen molar-refractivity contribution in [2.45, 2.75) is 45.2 Å². The summed E-state index contributed by atoms with van der Waals surface area (Å²) in [7, 11) is 0. The summed E-state index contributed by atoms with van der Waals surface area (Å²) in [4.78, 5) is 11.4. The first-order valence-electron chi connectivity index (χ1n) is 6.75. The number of benzene rings is 1. The van der Waals surface area contributed by atoms with Gasteiger partial charge in [0.25, 0.3) is 0 Å². The number of halogens is 3. The van der Waals surface area contributed by atoms with Gasteiger partial charge in [0.1, 0.15) is 0 Å². The second kappa shape index (κ2) is 7.92. The standard InChI is InChI=1S/C15H19F3O2/c1-2-20-14(19)13-9-7-12(8-10-13)6-4-3-5-11-15(16,17)18/h7-10H,2-6,11H2,1H3. The lowest BCUT2D eigenvalue weighted by Crippen LogP contribution is -2.06. The quantitative estimate of drug-likeness (QED) is 0.544. The first-order chi connectivity index (χ1) is 9.42. The molecule has 0 aromatic heterocycles. The van der Waals surface area contributed by atoms with Crippen molar-refractivity contribution in [1.29, 1.82) is 0 Å². The summed E-state index contributed by atoms with van der Waals surface area (Å²) in [6.07, 6.45) is -2.60. The van der Waals surface area contributed by atoms with Gasteiger partial charge in [-0.15, -0.1) is 0 Å². The van der Waals surface area contributed by atoms with Crippen molar-refractivity contribution in [2.75, 3.05) is 6.61 Å². The molecule has 1 aromatic carbocycles. The number of hydrogen-bond acceptors (Lipinski definition) is 2. The van der Waals surface area contributed by atoms with E-state index in [1.807, 2.05) is 12.1 Å². The maximum Gasteiger partial charge on any atom is 0.389 e. The maximum absolute atomic E-state index is 11.9. The van der Waals surface area contributed by atoms with Crippen molar-refractivity contribution in [3.63, 3.8) is 0 Å². The molecule has 0 saturated carbocycles. The molecule has 1 rings (SSSR count). The Balaban J connectivity index is 2.30. The van der Waals surface area contributed by atoms with Crippen LogP contribution in [-0.2, 0) is 11.2 Å². The smallest absolute Gasteiger partial charge is 0.389 e. The van der Waals surface area contributed by atoms with Crippen LogP contribution in [0.5, 0.6) is 0 Å². The molecule has 5 heteroatoms. The zero-order chi connectivity index (χ0) is 15.0. The highest BCUT2D eigenvalue weighted by Gasteiger charge is 2.25. The van der Waals surface area contributed by atoms with Gasteiger partial charge in [-0.3, -0.25) is 0 Å². The fourth-order valence-corrected chi connectivity index (χ4v) is 1.85. The molecule has 0 saturated heterocycles.